The van der Waals surface area contributed by atoms with Crippen LogP contribution in [0, 0.1) is 6.92 Å². The van der Waals surface area contributed by atoms with Crippen molar-refractivity contribution in [1.82, 2.24) is 9.78 Å². The highest BCUT2D eigenvalue weighted by Crippen LogP contribution is 2.35. The second kappa shape index (κ2) is 5.91. The van der Waals surface area contributed by atoms with Crippen molar-refractivity contribution in [2.24, 2.45) is 12.8 Å². The summed E-state index contributed by atoms with van der Waals surface area (Å²) in [4.78, 5) is 1.19. The van der Waals surface area contributed by atoms with Crippen LogP contribution in [-0.2, 0) is 13.5 Å². The minimum Gasteiger partial charge on any atom is -0.330 e. The van der Waals surface area contributed by atoms with E-state index in [1.807, 2.05) is 36.9 Å². The van der Waals surface area contributed by atoms with Crippen molar-refractivity contribution in [3.05, 3.63) is 40.0 Å². The van der Waals surface area contributed by atoms with Crippen LogP contribution in [0.2, 0.25) is 0 Å². The number of nitrogens with two attached hydrogens (primary N) is 1. The van der Waals surface area contributed by atoms with Gasteiger partial charge < -0.3 is 5.73 Å². The van der Waals surface area contributed by atoms with Crippen LogP contribution in [0.25, 0.3) is 0 Å². The van der Waals surface area contributed by atoms with Gasteiger partial charge in [-0.1, -0.05) is 23.9 Å². The quantitative estimate of drug-likeness (QED) is 0.939. The van der Waals surface area contributed by atoms with Crippen LogP contribution in [-0.4, -0.2) is 16.3 Å². The van der Waals surface area contributed by atoms with Crippen LogP contribution >= 0.6 is 27.7 Å². The van der Waals surface area contributed by atoms with E-state index in [0.717, 1.165) is 16.6 Å². The van der Waals surface area contributed by atoms with Crippen LogP contribution in [0.5, 0.6) is 0 Å². The smallest absolute Gasteiger partial charge is 0.102 e. The summed E-state index contributed by atoms with van der Waals surface area (Å²) < 4.78 is 3.04. The molecule has 96 valence electrons. The lowest BCUT2D eigenvalue weighted by molar-refractivity contribution is 0.688. The number of nitrogens with zero attached hydrogens (tertiary/aromatic N) is 2. The number of hydrogen-bond donors (Lipinski definition) is 1. The third-order valence-electron chi connectivity index (χ3n) is 2.73. The van der Waals surface area contributed by atoms with E-state index in [4.69, 9.17) is 5.73 Å². The Balaban J connectivity index is 2.37. The number of benzene rings is 1. The zero-order valence-corrected chi connectivity index (χ0v) is 12.9. The predicted octanol–water partition coefficient (Wildman–Crippen LogP) is 3.14. The van der Waals surface area contributed by atoms with Crippen molar-refractivity contribution >= 4 is 27.7 Å². The molecular weight excluding hydrogens is 310 g/mol. The van der Waals surface area contributed by atoms with Gasteiger partial charge in [0.05, 0.1) is 5.69 Å². The first-order valence-electron chi connectivity index (χ1n) is 5.78. The molecule has 2 rings (SSSR count). The van der Waals surface area contributed by atoms with Crippen LogP contribution in [0.4, 0.5) is 0 Å². The standard InChI is InChI=1S/C13H16BrN3S/c1-9-10(7-8-15)13(17(2)16-9)18-12-6-4-3-5-11(12)14/h3-6H,7-8,15H2,1-2H3. The van der Waals surface area contributed by atoms with Gasteiger partial charge in [0.15, 0.2) is 0 Å². The average molecular weight is 326 g/mol. The molecule has 0 atom stereocenters. The zero-order chi connectivity index (χ0) is 13.1. The van der Waals surface area contributed by atoms with E-state index in [1.54, 1.807) is 11.8 Å². The molecule has 0 saturated heterocycles. The molecule has 0 aliphatic rings. The fourth-order valence-corrected chi connectivity index (χ4v) is 3.47. The molecule has 0 fully saturated rings. The van der Waals surface area contributed by atoms with E-state index in [2.05, 4.69) is 27.1 Å². The van der Waals surface area contributed by atoms with Crippen molar-refractivity contribution in [2.45, 2.75) is 23.3 Å². The van der Waals surface area contributed by atoms with Gasteiger partial charge in [0.1, 0.15) is 5.03 Å². The van der Waals surface area contributed by atoms with Crippen LogP contribution < -0.4 is 5.73 Å². The first kappa shape index (κ1) is 13.6. The highest BCUT2D eigenvalue weighted by Gasteiger charge is 2.14. The summed E-state index contributed by atoms with van der Waals surface area (Å²) in [6, 6.07) is 8.21. The van der Waals surface area contributed by atoms with Gasteiger partial charge in [0, 0.05) is 22.0 Å². The Kier molecular flexibility index (Phi) is 4.48. The molecule has 0 aliphatic heterocycles. The molecule has 2 N–H and O–H groups in total. The maximum atomic E-state index is 5.68. The first-order valence-corrected chi connectivity index (χ1v) is 7.39. The van der Waals surface area contributed by atoms with E-state index >= 15 is 0 Å². The molecular formula is C13H16BrN3S. The lowest BCUT2D eigenvalue weighted by atomic mass is 10.2. The van der Waals surface area contributed by atoms with Gasteiger partial charge in [-0.2, -0.15) is 5.10 Å². The SMILES string of the molecule is Cc1nn(C)c(Sc2ccccc2Br)c1CCN. The van der Waals surface area contributed by atoms with Crippen molar-refractivity contribution in [3.63, 3.8) is 0 Å². The summed E-state index contributed by atoms with van der Waals surface area (Å²) in [6.45, 7) is 2.69. The lowest BCUT2D eigenvalue weighted by Gasteiger charge is -2.07. The maximum Gasteiger partial charge on any atom is 0.102 e. The van der Waals surface area contributed by atoms with Gasteiger partial charge in [0.25, 0.3) is 0 Å². The summed E-state index contributed by atoms with van der Waals surface area (Å²) >= 11 is 5.30. The van der Waals surface area contributed by atoms with Gasteiger partial charge in [-0.15, -0.1) is 0 Å². The average Bonchev–Trinajstić information content (AvgIpc) is 2.59. The molecule has 1 heterocycles. The molecule has 0 spiro atoms. The van der Waals surface area contributed by atoms with Crippen LogP contribution in [0.15, 0.2) is 38.7 Å². The molecule has 0 saturated carbocycles. The Morgan fingerprint density at radius 3 is 2.78 bits per heavy atom. The van der Waals surface area contributed by atoms with E-state index in [0.29, 0.717) is 6.54 Å². The third kappa shape index (κ3) is 2.79. The van der Waals surface area contributed by atoms with E-state index in [9.17, 15) is 0 Å². The second-order valence-electron chi connectivity index (χ2n) is 4.06. The van der Waals surface area contributed by atoms with Crippen molar-refractivity contribution in [2.75, 3.05) is 6.54 Å². The molecule has 2 aromatic rings. The highest BCUT2D eigenvalue weighted by atomic mass is 79.9. The fourth-order valence-electron chi connectivity index (χ4n) is 1.87. The Morgan fingerprint density at radius 1 is 1.39 bits per heavy atom. The van der Waals surface area contributed by atoms with Crippen molar-refractivity contribution in [1.29, 1.82) is 0 Å². The Hall–Kier alpha value is -0.780. The minimum atomic E-state index is 0.649. The molecule has 0 unspecified atom stereocenters. The second-order valence-corrected chi connectivity index (χ2v) is 5.95. The number of rotatable bonds is 4. The van der Waals surface area contributed by atoms with Crippen LogP contribution in [0.1, 0.15) is 11.3 Å². The monoisotopic (exact) mass is 325 g/mol. The van der Waals surface area contributed by atoms with E-state index < -0.39 is 0 Å². The molecule has 18 heavy (non-hydrogen) atoms. The summed E-state index contributed by atoms with van der Waals surface area (Å²) in [5, 5.41) is 5.65. The van der Waals surface area contributed by atoms with Crippen molar-refractivity contribution < 1.29 is 0 Å². The molecule has 1 aromatic carbocycles. The van der Waals surface area contributed by atoms with Crippen molar-refractivity contribution in [3.8, 4) is 0 Å². The Labute approximate surface area is 120 Å². The van der Waals surface area contributed by atoms with Gasteiger partial charge in [0.2, 0.25) is 0 Å². The molecule has 0 bridgehead atoms. The van der Waals surface area contributed by atoms with Gasteiger partial charge in [-0.05, 0) is 48.0 Å². The summed E-state index contributed by atoms with van der Waals surface area (Å²) in [5.41, 5.74) is 7.99. The van der Waals surface area contributed by atoms with Gasteiger partial charge in [-0.3, -0.25) is 4.68 Å². The van der Waals surface area contributed by atoms with E-state index in [-0.39, 0.29) is 0 Å². The number of hydrogen-bond acceptors (Lipinski definition) is 3. The predicted molar refractivity (Wildman–Crippen MR) is 79.0 cm³/mol. The van der Waals surface area contributed by atoms with E-state index in [1.165, 1.54) is 15.5 Å². The lowest BCUT2D eigenvalue weighted by Crippen LogP contribution is -2.04. The maximum absolute atomic E-state index is 5.68. The zero-order valence-electron chi connectivity index (χ0n) is 10.5. The third-order valence-corrected chi connectivity index (χ3v) is 4.96. The summed E-state index contributed by atoms with van der Waals surface area (Å²) in [7, 11) is 1.98. The van der Waals surface area contributed by atoms with Gasteiger partial charge in [-0.25, -0.2) is 0 Å². The first-order chi connectivity index (χ1) is 8.63. The largest absolute Gasteiger partial charge is 0.330 e. The number of aromatic nitrogens is 2. The summed E-state index contributed by atoms with van der Waals surface area (Å²) in [5.74, 6) is 0. The molecule has 3 nitrogen and oxygen atoms in total. The normalized spacial score (nSPS) is 10.9. The topological polar surface area (TPSA) is 43.8 Å². The molecule has 0 radical (unpaired) electrons. The summed E-state index contributed by atoms with van der Waals surface area (Å²) in [6.07, 6.45) is 0.868. The Bertz CT molecular complexity index is 551. The minimum absolute atomic E-state index is 0.649. The number of aryl methyl sites for hydroxylation is 2. The Morgan fingerprint density at radius 2 is 2.11 bits per heavy atom. The molecule has 1 aromatic heterocycles. The molecule has 0 amide bonds. The van der Waals surface area contributed by atoms with Crippen LogP contribution in [0.3, 0.4) is 0 Å². The highest BCUT2D eigenvalue weighted by molar-refractivity contribution is 9.10. The molecule has 0 aliphatic carbocycles. The number of halogens is 1. The van der Waals surface area contributed by atoms with Gasteiger partial charge >= 0.3 is 0 Å². The fraction of sp³-hybridized carbons (Fsp3) is 0.308. The molecule has 5 heteroatoms.